The molecular weight excluding hydrogens is 375 g/mol. The lowest BCUT2D eigenvalue weighted by atomic mass is 9.88. The zero-order chi connectivity index (χ0) is 20.5. The number of ether oxygens (including phenoxy) is 2. The molecule has 2 heterocycles. The average molecular weight is 398 g/mol. The Morgan fingerprint density at radius 3 is 2.69 bits per heavy atom. The predicted molar refractivity (Wildman–Crippen MR) is 106 cm³/mol. The van der Waals surface area contributed by atoms with Crippen LogP contribution in [0.5, 0.6) is 11.5 Å². The van der Waals surface area contributed by atoms with Crippen LogP contribution in [0.1, 0.15) is 42.3 Å². The Morgan fingerprint density at radius 2 is 1.93 bits per heavy atom. The van der Waals surface area contributed by atoms with Crippen LogP contribution in [0.2, 0.25) is 0 Å². The van der Waals surface area contributed by atoms with E-state index in [2.05, 4.69) is 5.32 Å². The lowest BCUT2D eigenvalue weighted by Gasteiger charge is -2.32. The number of anilines is 1. The lowest BCUT2D eigenvalue weighted by Crippen LogP contribution is -2.38. The standard InChI is InChI=1S/C22H23FN2O4/c1-28-19-8-5-13(10-20(19)29-2)18-4-3-9-25(18)22(27)16-12-21(26)24-17-11-14(23)6-7-15(16)17/h5-8,10-11,16,18H,3-4,9,12H2,1-2H3,(H,24,26)/t16-,18+/m0/s1. The maximum atomic E-state index is 13.6. The number of nitrogens with one attached hydrogen (secondary N) is 1. The molecule has 2 aromatic carbocycles. The van der Waals surface area contributed by atoms with E-state index < -0.39 is 11.7 Å². The molecule has 1 fully saturated rings. The first-order valence-corrected chi connectivity index (χ1v) is 9.63. The van der Waals surface area contributed by atoms with E-state index in [1.165, 1.54) is 12.1 Å². The van der Waals surface area contributed by atoms with Gasteiger partial charge in [0.1, 0.15) is 5.82 Å². The van der Waals surface area contributed by atoms with Crippen LogP contribution in [0.25, 0.3) is 0 Å². The highest BCUT2D eigenvalue weighted by Gasteiger charge is 2.38. The number of fused-ring (bicyclic) bond motifs is 1. The molecule has 152 valence electrons. The smallest absolute Gasteiger partial charge is 0.231 e. The Bertz CT molecular complexity index is 962. The number of carbonyl (C=O) groups is 2. The van der Waals surface area contributed by atoms with Crippen LogP contribution in [0.15, 0.2) is 36.4 Å². The lowest BCUT2D eigenvalue weighted by molar-refractivity contribution is -0.135. The zero-order valence-corrected chi connectivity index (χ0v) is 16.4. The third-order valence-electron chi connectivity index (χ3n) is 5.68. The molecule has 0 bridgehead atoms. The molecule has 29 heavy (non-hydrogen) atoms. The number of rotatable bonds is 4. The molecule has 6 nitrogen and oxygen atoms in total. The van der Waals surface area contributed by atoms with Crippen LogP contribution in [-0.4, -0.2) is 37.5 Å². The van der Waals surface area contributed by atoms with Gasteiger partial charge in [-0.2, -0.15) is 0 Å². The summed E-state index contributed by atoms with van der Waals surface area (Å²) in [4.78, 5) is 27.4. The van der Waals surface area contributed by atoms with Crippen molar-refractivity contribution >= 4 is 17.5 Å². The van der Waals surface area contributed by atoms with Crippen LogP contribution in [0, 0.1) is 5.82 Å². The maximum Gasteiger partial charge on any atom is 0.231 e. The van der Waals surface area contributed by atoms with Crippen LogP contribution in [-0.2, 0) is 9.59 Å². The fourth-order valence-corrected chi connectivity index (χ4v) is 4.29. The third-order valence-corrected chi connectivity index (χ3v) is 5.68. The van der Waals surface area contributed by atoms with Gasteiger partial charge in [-0.15, -0.1) is 0 Å². The number of amides is 2. The van der Waals surface area contributed by atoms with Gasteiger partial charge in [0.05, 0.1) is 26.2 Å². The molecule has 7 heteroatoms. The summed E-state index contributed by atoms with van der Waals surface area (Å²) in [5.41, 5.74) is 2.00. The minimum atomic E-state index is -0.611. The van der Waals surface area contributed by atoms with E-state index in [1.54, 1.807) is 20.3 Å². The van der Waals surface area contributed by atoms with Crippen molar-refractivity contribution in [2.45, 2.75) is 31.2 Å². The average Bonchev–Trinajstić information content (AvgIpc) is 3.21. The normalized spacial score (nSPS) is 20.8. The number of hydrogen-bond acceptors (Lipinski definition) is 4. The van der Waals surface area contributed by atoms with Gasteiger partial charge < -0.3 is 19.7 Å². The minimum absolute atomic E-state index is 0.0621. The monoisotopic (exact) mass is 398 g/mol. The van der Waals surface area contributed by atoms with E-state index in [-0.39, 0.29) is 24.3 Å². The van der Waals surface area contributed by atoms with Crippen molar-refractivity contribution in [2.75, 3.05) is 26.1 Å². The fourth-order valence-electron chi connectivity index (χ4n) is 4.29. The van der Waals surface area contributed by atoms with E-state index in [1.807, 2.05) is 23.1 Å². The highest BCUT2D eigenvalue weighted by molar-refractivity contribution is 6.01. The van der Waals surface area contributed by atoms with Crippen molar-refractivity contribution in [2.24, 2.45) is 0 Å². The summed E-state index contributed by atoms with van der Waals surface area (Å²) in [6, 6.07) is 9.75. The fraction of sp³-hybridized carbons (Fsp3) is 0.364. The summed E-state index contributed by atoms with van der Waals surface area (Å²) < 4.78 is 24.3. The van der Waals surface area contributed by atoms with Crippen LogP contribution < -0.4 is 14.8 Å². The van der Waals surface area contributed by atoms with Gasteiger partial charge in [-0.05, 0) is 48.2 Å². The Labute approximate surface area is 168 Å². The maximum absolute atomic E-state index is 13.6. The van der Waals surface area contributed by atoms with Gasteiger partial charge in [0.15, 0.2) is 11.5 Å². The third kappa shape index (κ3) is 3.52. The number of methoxy groups -OCH3 is 2. The highest BCUT2D eigenvalue weighted by Crippen LogP contribution is 2.41. The number of benzene rings is 2. The number of hydrogen-bond donors (Lipinski definition) is 1. The SMILES string of the molecule is COc1ccc([C@H]2CCCN2C(=O)[C@H]2CC(=O)Nc3cc(F)ccc32)cc1OC. The molecule has 0 spiro atoms. The van der Waals surface area contributed by atoms with Crippen molar-refractivity contribution in [3.05, 3.63) is 53.3 Å². The van der Waals surface area contributed by atoms with Crippen LogP contribution in [0.3, 0.4) is 0 Å². The number of nitrogens with zero attached hydrogens (tertiary/aromatic N) is 1. The second-order valence-corrected chi connectivity index (χ2v) is 7.34. The van der Waals surface area contributed by atoms with E-state index in [9.17, 15) is 14.0 Å². The van der Waals surface area contributed by atoms with Gasteiger partial charge in [-0.3, -0.25) is 9.59 Å². The first-order valence-electron chi connectivity index (χ1n) is 9.63. The van der Waals surface area contributed by atoms with Gasteiger partial charge in [-0.1, -0.05) is 12.1 Å². The number of carbonyl (C=O) groups excluding carboxylic acids is 2. The molecule has 2 aliphatic heterocycles. The molecule has 0 unspecified atom stereocenters. The summed E-state index contributed by atoms with van der Waals surface area (Å²) in [7, 11) is 3.16. The van der Waals surface area contributed by atoms with Crippen molar-refractivity contribution in [1.82, 2.24) is 4.90 Å². The number of halogens is 1. The Kier molecular flexibility index (Phi) is 5.13. The Balaban J connectivity index is 1.65. The Morgan fingerprint density at radius 1 is 1.14 bits per heavy atom. The van der Waals surface area contributed by atoms with Crippen molar-refractivity contribution in [1.29, 1.82) is 0 Å². The summed E-state index contributed by atoms with van der Waals surface area (Å²) in [6.45, 7) is 0.618. The van der Waals surface area contributed by atoms with Crippen LogP contribution >= 0.6 is 0 Å². The molecule has 2 aliphatic rings. The highest BCUT2D eigenvalue weighted by atomic mass is 19.1. The van der Waals surface area contributed by atoms with Crippen LogP contribution in [0.4, 0.5) is 10.1 Å². The largest absolute Gasteiger partial charge is 0.493 e. The summed E-state index contributed by atoms with van der Waals surface area (Å²) in [5.74, 6) is -0.191. The second-order valence-electron chi connectivity index (χ2n) is 7.34. The zero-order valence-electron chi connectivity index (χ0n) is 16.4. The van der Waals surface area contributed by atoms with Gasteiger partial charge in [0.2, 0.25) is 11.8 Å². The van der Waals surface area contributed by atoms with Crippen molar-refractivity contribution in [3.63, 3.8) is 0 Å². The second kappa shape index (κ2) is 7.73. The Hall–Kier alpha value is -3.09. The first-order chi connectivity index (χ1) is 14.0. The summed E-state index contributed by atoms with van der Waals surface area (Å²) in [6.07, 6.45) is 1.77. The summed E-state index contributed by atoms with van der Waals surface area (Å²) >= 11 is 0. The molecule has 0 aliphatic carbocycles. The molecule has 1 saturated heterocycles. The summed E-state index contributed by atoms with van der Waals surface area (Å²) in [5, 5.41) is 2.67. The van der Waals surface area contributed by atoms with Crippen molar-refractivity contribution < 1.29 is 23.5 Å². The molecule has 0 radical (unpaired) electrons. The molecule has 2 amide bonds. The van der Waals surface area contributed by atoms with E-state index in [4.69, 9.17) is 9.47 Å². The van der Waals surface area contributed by atoms with Gasteiger partial charge in [0.25, 0.3) is 0 Å². The quantitative estimate of drug-likeness (QED) is 0.854. The first kappa shape index (κ1) is 19.2. The van der Waals surface area contributed by atoms with Gasteiger partial charge >= 0.3 is 0 Å². The van der Waals surface area contributed by atoms with Gasteiger partial charge in [-0.25, -0.2) is 4.39 Å². The molecule has 2 atom stereocenters. The van der Waals surface area contributed by atoms with Gasteiger partial charge in [0, 0.05) is 18.7 Å². The van der Waals surface area contributed by atoms with E-state index >= 15 is 0 Å². The molecule has 2 aromatic rings. The van der Waals surface area contributed by atoms with E-state index in [0.29, 0.717) is 29.3 Å². The predicted octanol–water partition coefficient (Wildman–Crippen LogP) is 3.63. The minimum Gasteiger partial charge on any atom is -0.493 e. The molecule has 0 aromatic heterocycles. The molecule has 1 N–H and O–H groups in total. The molecule has 4 rings (SSSR count). The molecule has 0 saturated carbocycles. The van der Waals surface area contributed by atoms with E-state index in [0.717, 1.165) is 18.4 Å². The topological polar surface area (TPSA) is 67.9 Å². The van der Waals surface area contributed by atoms with Crippen molar-refractivity contribution in [3.8, 4) is 11.5 Å². The number of likely N-dealkylation sites (tertiary alicyclic amines) is 1. The molecular formula is C22H23FN2O4.